The van der Waals surface area contributed by atoms with Gasteiger partial charge in [0.2, 0.25) is 0 Å². The maximum Gasteiger partial charge on any atom is 0.307 e. The predicted molar refractivity (Wildman–Crippen MR) is 473 cm³/mol. The Morgan fingerprint density at radius 2 is 0.287 bits per heavy atom. The Balaban J connectivity index is 3.22. The normalized spacial score (nSPS) is 14.7. The first-order valence-corrected chi connectivity index (χ1v) is 50.0. The molecule has 0 spiro atoms. The molecule has 642 valence electrons. The summed E-state index contributed by atoms with van der Waals surface area (Å²) in [5.74, 6) is -0.531. The van der Waals surface area contributed by atoms with Crippen LogP contribution in [0.25, 0.3) is 0 Å². The molecule has 0 bridgehead atoms. The van der Waals surface area contributed by atoms with Crippen LogP contribution in [-0.2, 0) is 28.6 Å². The quantitative estimate of drug-likeness (QED) is 0.0336. The summed E-state index contributed by atoms with van der Waals surface area (Å²) in [5.41, 5.74) is 0. The van der Waals surface area contributed by atoms with Gasteiger partial charge in [-0.3, -0.25) is 14.4 Å². The SMILES string of the molecule is CCCCCCCCCCCCCCN(CCCCCCCCCCCCCC)CCC(=O)OC1CC(OC(=O)CCN(CCCCCCCCCCCCCC)CCCCCCCCCCCCCC)CC(OC(=O)CCN(CCCCCCCCCCCCCC)CCCCCCCCCCCCCC)C1. The van der Waals surface area contributed by atoms with Crippen LogP contribution >= 0.6 is 0 Å². The van der Waals surface area contributed by atoms with Crippen LogP contribution in [0, 0.1) is 0 Å². The molecule has 0 aromatic heterocycles. The third-order valence-corrected chi connectivity index (χ3v) is 24.3. The van der Waals surface area contributed by atoms with Crippen molar-refractivity contribution in [1.82, 2.24) is 14.7 Å². The number of carbonyl (C=O) groups is 3. The lowest BCUT2D eigenvalue weighted by atomic mass is 9.92. The minimum absolute atomic E-state index is 0.177. The van der Waals surface area contributed by atoms with Crippen molar-refractivity contribution in [2.75, 3.05) is 58.9 Å². The Hall–Kier alpha value is -1.71. The van der Waals surface area contributed by atoms with Gasteiger partial charge in [0, 0.05) is 38.9 Å². The van der Waals surface area contributed by atoms with E-state index in [-0.39, 0.29) is 17.9 Å². The molecule has 0 heterocycles. The number of unbranched alkanes of at least 4 members (excludes halogenated alkanes) is 66. The third kappa shape index (κ3) is 75.6. The van der Waals surface area contributed by atoms with Crippen molar-refractivity contribution >= 4 is 17.9 Å². The zero-order chi connectivity index (χ0) is 77.8. The molecule has 9 heteroatoms. The molecule has 0 aliphatic heterocycles. The van der Waals surface area contributed by atoms with Gasteiger partial charge in [-0.15, -0.1) is 0 Å². The van der Waals surface area contributed by atoms with Crippen LogP contribution < -0.4 is 0 Å². The molecule has 0 aromatic rings. The van der Waals surface area contributed by atoms with E-state index in [1.54, 1.807) is 0 Å². The second kappa shape index (κ2) is 86.2. The molecular weight excluding hydrogens is 1330 g/mol. The van der Waals surface area contributed by atoms with E-state index in [4.69, 9.17) is 14.2 Å². The molecule has 1 saturated carbocycles. The highest BCUT2D eigenvalue weighted by molar-refractivity contribution is 5.71. The maximum atomic E-state index is 14.2. The molecule has 1 aliphatic rings. The van der Waals surface area contributed by atoms with Crippen molar-refractivity contribution in [1.29, 1.82) is 0 Å². The van der Waals surface area contributed by atoms with Crippen LogP contribution in [0.4, 0.5) is 0 Å². The minimum Gasteiger partial charge on any atom is -0.462 e. The molecule has 0 amide bonds. The van der Waals surface area contributed by atoms with E-state index in [0.29, 0.717) is 58.2 Å². The fourth-order valence-corrected chi connectivity index (χ4v) is 17.0. The third-order valence-electron chi connectivity index (χ3n) is 24.3. The van der Waals surface area contributed by atoms with Gasteiger partial charge in [0.05, 0.1) is 19.3 Å². The number of ether oxygens (including phenoxy) is 3. The smallest absolute Gasteiger partial charge is 0.307 e. The van der Waals surface area contributed by atoms with E-state index in [1.165, 1.54) is 462 Å². The number of hydrogen-bond donors (Lipinski definition) is 0. The van der Waals surface area contributed by atoms with Crippen molar-refractivity contribution in [3.8, 4) is 0 Å². The van der Waals surface area contributed by atoms with Crippen LogP contribution in [0.5, 0.6) is 0 Å². The Labute approximate surface area is 677 Å². The van der Waals surface area contributed by atoms with Crippen LogP contribution in [-0.4, -0.2) is 110 Å². The van der Waals surface area contributed by atoms with Crippen LogP contribution in [0.3, 0.4) is 0 Å². The average molecular weight is 1520 g/mol. The lowest BCUT2D eigenvalue weighted by Gasteiger charge is -2.34. The molecular formula is C99H195N3O6. The molecule has 0 aromatic carbocycles. The molecule has 0 saturated heterocycles. The van der Waals surface area contributed by atoms with Crippen molar-refractivity contribution in [3.05, 3.63) is 0 Å². The Morgan fingerprint density at radius 1 is 0.176 bits per heavy atom. The van der Waals surface area contributed by atoms with E-state index < -0.39 is 18.3 Å². The summed E-state index contributed by atoms with van der Waals surface area (Å²) < 4.78 is 19.4. The Bertz CT molecular complexity index is 1510. The van der Waals surface area contributed by atoms with E-state index in [9.17, 15) is 14.4 Å². The highest BCUT2D eigenvalue weighted by atomic mass is 16.6. The van der Waals surface area contributed by atoms with Crippen molar-refractivity contribution in [2.24, 2.45) is 0 Å². The van der Waals surface area contributed by atoms with Gasteiger partial charge in [0.1, 0.15) is 18.3 Å². The summed E-state index contributed by atoms with van der Waals surface area (Å²) in [5, 5.41) is 0. The lowest BCUT2D eigenvalue weighted by Crippen LogP contribution is -2.41. The van der Waals surface area contributed by atoms with Gasteiger partial charge >= 0.3 is 17.9 Å². The monoisotopic (exact) mass is 1520 g/mol. The molecule has 1 aliphatic carbocycles. The van der Waals surface area contributed by atoms with Gasteiger partial charge in [0.15, 0.2) is 0 Å². The fraction of sp³-hybridized carbons (Fsp3) is 0.970. The largest absolute Gasteiger partial charge is 0.462 e. The number of nitrogens with zero attached hydrogens (tertiary/aromatic N) is 3. The van der Waals surface area contributed by atoms with Gasteiger partial charge in [-0.1, -0.05) is 465 Å². The minimum atomic E-state index is -0.468. The second-order valence-electron chi connectivity index (χ2n) is 35.2. The first kappa shape index (κ1) is 104. The van der Waals surface area contributed by atoms with E-state index in [1.807, 2.05) is 0 Å². The number of carbonyl (C=O) groups excluding carboxylic acids is 3. The summed E-state index contributed by atoms with van der Waals surface area (Å²) in [6.45, 7) is 22.2. The van der Waals surface area contributed by atoms with Gasteiger partial charge in [0.25, 0.3) is 0 Å². The van der Waals surface area contributed by atoms with Gasteiger partial charge in [-0.05, 0) is 77.8 Å². The first-order chi connectivity index (χ1) is 53.3. The van der Waals surface area contributed by atoms with Crippen molar-refractivity contribution in [2.45, 2.75) is 561 Å². The summed E-state index contributed by atoms with van der Waals surface area (Å²) in [6, 6.07) is 0. The van der Waals surface area contributed by atoms with Crippen molar-refractivity contribution in [3.63, 3.8) is 0 Å². The van der Waals surface area contributed by atoms with Gasteiger partial charge in [-0.25, -0.2) is 0 Å². The zero-order valence-corrected chi connectivity index (χ0v) is 74.5. The fourth-order valence-electron chi connectivity index (χ4n) is 17.0. The lowest BCUT2D eigenvalue weighted by molar-refractivity contribution is -0.170. The highest BCUT2D eigenvalue weighted by Crippen LogP contribution is 2.29. The van der Waals surface area contributed by atoms with E-state index in [0.717, 1.165) is 39.3 Å². The van der Waals surface area contributed by atoms with E-state index >= 15 is 0 Å². The standard InChI is InChI=1S/C99H195N3O6/c1-7-13-19-25-31-37-43-49-55-61-67-73-82-100(83-74-68-62-56-50-44-38-32-26-20-14-8-2)88-79-97(103)106-94-91-95(107-98(104)80-89-101(84-75-69-63-57-51-45-39-33-27-21-15-9-3)85-76-70-64-58-52-46-40-34-28-22-16-10-4)93-96(92-94)108-99(105)81-90-102(86-77-71-65-59-53-47-41-35-29-23-17-11-5)87-78-72-66-60-54-48-42-36-30-24-18-12-6/h94-96H,7-93H2,1-6H3. The molecule has 9 nitrogen and oxygen atoms in total. The molecule has 0 radical (unpaired) electrons. The topological polar surface area (TPSA) is 88.6 Å². The van der Waals surface area contributed by atoms with Crippen LogP contribution in [0.1, 0.15) is 542 Å². The molecule has 108 heavy (non-hydrogen) atoms. The molecule has 0 unspecified atom stereocenters. The second-order valence-corrected chi connectivity index (χ2v) is 35.2. The number of rotatable bonds is 90. The summed E-state index contributed by atoms with van der Waals surface area (Å²) in [7, 11) is 0. The number of esters is 3. The van der Waals surface area contributed by atoms with E-state index in [2.05, 4.69) is 56.2 Å². The van der Waals surface area contributed by atoms with Crippen LogP contribution in [0.2, 0.25) is 0 Å². The number of hydrogen-bond acceptors (Lipinski definition) is 9. The first-order valence-electron chi connectivity index (χ1n) is 50.0. The summed E-state index contributed by atoms with van der Waals surface area (Å²) in [6.07, 6.45) is 97.7. The highest BCUT2D eigenvalue weighted by Gasteiger charge is 2.36. The van der Waals surface area contributed by atoms with Crippen molar-refractivity contribution < 1.29 is 28.6 Å². The Morgan fingerprint density at radius 3 is 0.407 bits per heavy atom. The van der Waals surface area contributed by atoms with Crippen LogP contribution in [0.15, 0.2) is 0 Å². The Kier molecular flexibility index (Phi) is 83.2. The molecule has 1 fully saturated rings. The maximum absolute atomic E-state index is 14.2. The average Bonchev–Trinajstić information content (AvgIpc) is 0.866. The summed E-state index contributed by atoms with van der Waals surface area (Å²) >= 11 is 0. The predicted octanol–water partition coefficient (Wildman–Crippen LogP) is 31.2. The zero-order valence-electron chi connectivity index (χ0n) is 74.5. The molecule has 0 atom stereocenters. The molecule has 1 rings (SSSR count). The summed E-state index contributed by atoms with van der Waals surface area (Å²) in [4.78, 5) is 50.3. The molecule has 0 N–H and O–H groups in total. The van der Waals surface area contributed by atoms with Gasteiger partial charge in [-0.2, -0.15) is 0 Å². The van der Waals surface area contributed by atoms with Gasteiger partial charge < -0.3 is 28.9 Å².